The molecule has 2 nitrogen and oxygen atoms in total. The molecular weight excluding hydrogens is 176 g/mol. The van der Waals surface area contributed by atoms with Gasteiger partial charge in [-0.1, -0.05) is 39.0 Å². The highest BCUT2D eigenvalue weighted by atomic mass is 16.5. The predicted octanol–water partition coefficient (Wildman–Crippen LogP) is 3.34. The van der Waals surface area contributed by atoms with E-state index in [2.05, 4.69) is 6.92 Å². The number of ketones is 1. The summed E-state index contributed by atoms with van der Waals surface area (Å²) in [5.74, 6) is 0.239. The molecular formula is C12H24O2. The molecule has 0 fully saturated rings. The third-order valence-electron chi connectivity index (χ3n) is 2.58. The monoisotopic (exact) mass is 200 g/mol. The third-order valence-corrected chi connectivity index (χ3v) is 2.58. The minimum atomic E-state index is -0.217. The van der Waals surface area contributed by atoms with Crippen LogP contribution in [0.1, 0.15) is 58.8 Å². The van der Waals surface area contributed by atoms with Gasteiger partial charge in [0.1, 0.15) is 6.10 Å². The first-order valence-electron chi connectivity index (χ1n) is 5.77. The maximum atomic E-state index is 11.3. The standard InChI is InChI=1S/C12H24O2/c1-4-5-6-7-8-9-10-12(13)11(2)14-3/h11H,4-10H2,1-3H3. The van der Waals surface area contributed by atoms with Gasteiger partial charge in [-0.3, -0.25) is 4.79 Å². The van der Waals surface area contributed by atoms with Gasteiger partial charge in [0.25, 0.3) is 0 Å². The number of rotatable bonds is 9. The maximum Gasteiger partial charge on any atom is 0.161 e. The van der Waals surface area contributed by atoms with Gasteiger partial charge in [0.2, 0.25) is 0 Å². The van der Waals surface area contributed by atoms with Crippen molar-refractivity contribution in [1.82, 2.24) is 0 Å². The average molecular weight is 200 g/mol. The quantitative estimate of drug-likeness (QED) is 0.534. The van der Waals surface area contributed by atoms with E-state index >= 15 is 0 Å². The summed E-state index contributed by atoms with van der Waals surface area (Å²) in [6, 6.07) is 0. The molecule has 14 heavy (non-hydrogen) atoms. The van der Waals surface area contributed by atoms with Crippen molar-refractivity contribution in [2.75, 3.05) is 7.11 Å². The van der Waals surface area contributed by atoms with Gasteiger partial charge in [0.15, 0.2) is 5.78 Å². The van der Waals surface area contributed by atoms with E-state index in [1.807, 2.05) is 6.92 Å². The van der Waals surface area contributed by atoms with Gasteiger partial charge in [0, 0.05) is 13.5 Å². The molecule has 2 heteroatoms. The zero-order chi connectivity index (χ0) is 10.8. The fourth-order valence-corrected chi connectivity index (χ4v) is 1.41. The van der Waals surface area contributed by atoms with Gasteiger partial charge < -0.3 is 4.74 Å². The smallest absolute Gasteiger partial charge is 0.161 e. The molecule has 0 bridgehead atoms. The summed E-state index contributed by atoms with van der Waals surface area (Å²) in [5, 5.41) is 0. The molecule has 0 aliphatic heterocycles. The van der Waals surface area contributed by atoms with Crippen LogP contribution < -0.4 is 0 Å². The average Bonchev–Trinajstić information content (AvgIpc) is 2.21. The largest absolute Gasteiger partial charge is 0.374 e. The minimum Gasteiger partial charge on any atom is -0.374 e. The lowest BCUT2D eigenvalue weighted by Gasteiger charge is -2.07. The van der Waals surface area contributed by atoms with Crippen molar-refractivity contribution in [3.8, 4) is 0 Å². The molecule has 0 saturated carbocycles. The second kappa shape index (κ2) is 9.20. The number of unbranched alkanes of at least 4 members (excludes halogenated alkanes) is 5. The number of carbonyl (C=O) groups is 1. The Morgan fingerprint density at radius 3 is 2.29 bits per heavy atom. The predicted molar refractivity (Wildman–Crippen MR) is 59.5 cm³/mol. The zero-order valence-electron chi connectivity index (χ0n) is 9.84. The number of carbonyl (C=O) groups excluding carboxylic acids is 1. The van der Waals surface area contributed by atoms with Crippen LogP contribution >= 0.6 is 0 Å². The number of methoxy groups -OCH3 is 1. The Kier molecular flexibility index (Phi) is 8.95. The fourth-order valence-electron chi connectivity index (χ4n) is 1.41. The Balaban J connectivity index is 3.23. The Morgan fingerprint density at radius 1 is 1.14 bits per heavy atom. The summed E-state index contributed by atoms with van der Waals surface area (Å²) in [5.41, 5.74) is 0. The van der Waals surface area contributed by atoms with E-state index in [4.69, 9.17) is 4.74 Å². The van der Waals surface area contributed by atoms with E-state index < -0.39 is 0 Å². The molecule has 0 spiro atoms. The Bertz CT molecular complexity index is 143. The van der Waals surface area contributed by atoms with Crippen LogP contribution in [0.3, 0.4) is 0 Å². The first-order chi connectivity index (χ1) is 6.72. The zero-order valence-corrected chi connectivity index (χ0v) is 9.84. The molecule has 0 heterocycles. The third kappa shape index (κ3) is 7.07. The van der Waals surface area contributed by atoms with Crippen LogP contribution in [0, 0.1) is 0 Å². The molecule has 0 N–H and O–H groups in total. The van der Waals surface area contributed by atoms with Gasteiger partial charge in [-0.2, -0.15) is 0 Å². The van der Waals surface area contributed by atoms with Crippen LogP contribution in [-0.4, -0.2) is 19.0 Å². The van der Waals surface area contributed by atoms with Crippen molar-refractivity contribution in [1.29, 1.82) is 0 Å². The summed E-state index contributed by atoms with van der Waals surface area (Å²) < 4.78 is 4.96. The lowest BCUT2D eigenvalue weighted by atomic mass is 10.1. The Labute approximate surface area is 88.0 Å². The van der Waals surface area contributed by atoms with Crippen molar-refractivity contribution < 1.29 is 9.53 Å². The summed E-state index contributed by atoms with van der Waals surface area (Å²) in [7, 11) is 1.59. The summed E-state index contributed by atoms with van der Waals surface area (Å²) in [6.45, 7) is 4.03. The van der Waals surface area contributed by atoms with Crippen LogP contribution in [0.15, 0.2) is 0 Å². The number of hydrogen-bond donors (Lipinski definition) is 0. The number of Topliss-reactive ketones (excluding diaryl/α,β-unsaturated/α-hetero) is 1. The number of ether oxygens (including phenoxy) is 1. The first kappa shape index (κ1) is 13.6. The second-order valence-corrected chi connectivity index (χ2v) is 3.86. The van der Waals surface area contributed by atoms with Gasteiger partial charge in [-0.05, 0) is 13.3 Å². The Morgan fingerprint density at radius 2 is 1.71 bits per heavy atom. The Hall–Kier alpha value is -0.370. The highest BCUT2D eigenvalue weighted by Gasteiger charge is 2.10. The topological polar surface area (TPSA) is 26.3 Å². The molecule has 0 aliphatic carbocycles. The molecule has 0 radical (unpaired) electrons. The lowest BCUT2D eigenvalue weighted by Crippen LogP contribution is -2.18. The molecule has 0 aromatic heterocycles. The van der Waals surface area contributed by atoms with Crippen LogP contribution in [0.2, 0.25) is 0 Å². The van der Waals surface area contributed by atoms with Gasteiger partial charge in [0.05, 0.1) is 0 Å². The van der Waals surface area contributed by atoms with E-state index in [1.165, 1.54) is 32.1 Å². The SMILES string of the molecule is CCCCCCCCC(=O)C(C)OC. The molecule has 1 atom stereocenters. The number of hydrogen-bond acceptors (Lipinski definition) is 2. The summed E-state index contributed by atoms with van der Waals surface area (Å²) >= 11 is 0. The van der Waals surface area contributed by atoms with Crippen LogP contribution in [-0.2, 0) is 9.53 Å². The van der Waals surface area contributed by atoms with E-state index in [0.717, 1.165) is 6.42 Å². The van der Waals surface area contributed by atoms with E-state index in [9.17, 15) is 4.79 Å². The minimum absolute atomic E-state index is 0.217. The normalized spacial score (nSPS) is 12.8. The van der Waals surface area contributed by atoms with E-state index in [-0.39, 0.29) is 11.9 Å². The maximum absolute atomic E-state index is 11.3. The molecule has 84 valence electrons. The van der Waals surface area contributed by atoms with Crippen LogP contribution in [0.5, 0.6) is 0 Å². The molecule has 0 aromatic rings. The second-order valence-electron chi connectivity index (χ2n) is 3.86. The summed E-state index contributed by atoms with van der Waals surface area (Å²) in [4.78, 5) is 11.3. The molecule has 0 aromatic carbocycles. The molecule has 0 aliphatic rings. The molecule has 0 rings (SSSR count). The highest BCUT2D eigenvalue weighted by molar-refractivity contribution is 5.82. The fraction of sp³-hybridized carbons (Fsp3) is 0.917. The van der Waals surface area contributed by atoms with Gasteiger partial charge in [-0.15, -0.1) is 0 Å². The van der Waals surface area contributed by atoms with Crippen molar-refractivity contribution in [3.63, 3.8) is 0 Å². The first-order valence-corrected chi connectivity index (χ1v) is 5.77. The van der Waals surface area contributed by atoms with Crippen LogP contribution in [0.4, 0.5) is 0 Å². The van der Waals surface area contributed by atoms with Gasteiger partial charge in [-0.25, -0.2) is 0 Å². The van der Waals surface area contributed by atoms with Crippen molar-refractivity contribution in [2.24, 2.45) is 0 Å². The molecule has 0 amide bonds. The van der Waals surface area contributed by atoms with E-state index in [1.54, 1.807) is 7.11 Å². The van der Waals surface area contributed by atoms with Crippen molar-refractivity contribution in [3.05, 3.63) is 0 Å². The van der Waals surface area contributed by atoms with Crippen molar-refractivity contribution >= 4 is 5.78 Å². The lowest BCUT2D eigenvalue weighted by molar-refractivity contribution is -0.127. The van der Waals surface area contributed by atoms with Gasteiger partial charge >= 0.3 is 0 Å². The molecule has 0 saturated heterocycles. The van der Waals surface area contributed by atoms with Crippen LogP contribution in [0.25, 0.3) is 0 Å². The van der Waals surface area contributed by atoms with Crippen molar-refractivity contribution in [2.45, 2.75) is 64.9 Å². The van der Waals surface area contributed by atoms with E-state index in [0.29, 0.717) is 6.42 Å². The molecule has 1 unspecified atom stereocenters. The highest BCUT2D eigenvalue weighted by Crippen LogP contribution is 2.08. The summed E-state index contributed by atoms with van der Waals surface area (Å²) in [6.07, 6.45) is 7.85.